The second kappa shape index (κ2) is 9.32. The number of sulfone groups is 1. The number of carbonyl (C=O) groups is 1. The number of rotatable bonds is 8. The Labute approximate surface area is 201 Å². The molecule has 0 bridgehead atoms. The molecule has 1 atom stereocenters. The summed E-state index contributed by atoms with van der Waals surface area (Å²) in [6.07, 6.45) is 3.33. The van der Waals surface area contributed by atoms with Gasteiger partial charge in [0.15, 0.2) is 15.6 Å². The van der Waals surface area contributed by atoms with Crippen LogP contribution in [0.25, 0.3) is 10.9 Å². The van der Waals surface area contributed by atoms with E-state index < -0.39 is 15.7 Å². The van der Waals surface area contributed by atoms with Crippen molar-refractivity contribution in [3.8, 4) is 0 Å². The molecule has 6 nitrogen and oxygen atoms in total. The standard InChI is InChI=1S/C26H22N2O4S2/c29-26(25-18(12-13-32-25)17-34(30,31)19-7-2-1-3-8-19)28-16-22(24-11-6-14-33-24)21-15-27-23-10-5-4-9-20(21)23/h1-15,22,27H,16-17H2,(H,28,29). The van der Waals surface area contributed by atoms with Gasteiger partial charge in [-0.2, -0.15) is 0 Å². The number of hydrogen-bond donors (Lipinski definition) is 2. The highest BCUT2D eigenvalue weighted by Gasteiger charge is 2.25. The van der Waals surface area contributed by atoms with Gasteiger partial charge < -0.3 is 14.7 Å². The highest BCUT2D eigenvalue weighted by atomic mass is 32.2. The smallest absolute Gasteiger partial charge is 0.287 e. The molecule has 3 aromatic heterocycles. The van der Waals surface area contributed by atoms with Gasteiger partial charge >= 0.3 is 0 Å². The number of fused-ring (bicyclic) bond motifs is 1. The van der Waals surface area contributed by atoms with Gasteiger partial charge in [-0.25, -0.2) is 8.42 Å². The van der Waals surface area contributed by atoms with Crippen LogP contribution >= 0.6 is 11.3 Å². The van der Waals surface area contributed by atoms with Crippen molar-refractivity contribution < 1.29 is 17.6 Å². The van der Waals surface area contributed by atoms with Crippen LogP contribution < -0.4 is 5.32 Å². The predicted molar refractivity (Wildman–Crippen MR) is 133 cm³/mol. The van der Waals surface area contributed by atoms with Crippen molar-refractivity contribution in [2.45, 2.75) is 16.6 Å². The molecule has 2 N–H and O–H groups in total. The largest absolute Gasteiger partial charge is 0.459 e. The fraction of sp³-hybridized carbons (Fsp3) is 0.115. The highest BCUT2D eigenvalue weighted by molar-refractivity contribution is 7.90. The maximum Gasteiger partial charge on any atom is 0.287 e. The molecule has 0 saturated carbocycles. The van der Waals surface area contributed by atoms with Gasteiger partial charge in [-0.15, -0.1) is 11.3 Å². The van der Waals surface area contributed by atoms with E-state index in [4.69, 9.17) is 4.42 Å². The van der Waals surface area contributed by atoms with E-state index in [2.05, 4.69) is 16.4 Å². The quantitative estimate of drug-likeness (QED) is 0.306. The van der Waals surface area contributed by atoms with Crippen LogP contribution in [0.5, 0.6) is 0 Å². The van der Waals surface area contributed by atoms with E-state index in [0.29, 0.717) is 12.1 Å². The Morgan fingerprint density at radius 2 is 1.79 bits per heavy atom. The molecular formula is C26H22N2O4S2. The molecule has 2 aromatic carbocycles. The molecule has 1 unspecified atom stereocenters. The molecule has 0 spiro atoms. The van der Waals surface area contributed by atoms with Gasteiger partial charge in [0.2, 0.25) is 0 Å². The predicted octanol–water partition coefficient (Wildman–Crippen LogP) is 5.36. The zero-order valence-electron chi connectivity index (χ0n) is 18.1. The third-order valence-corrected chi connectivity index (χ3v) is 8.42. The third kappa shape index (κ3) is 4.42. The molecule has 34 heavy (non-hydrogen) atoms. The molecule has 1 amide bonds. The summed E-state index contributed by atoms with van der Waals surface area (Å²) in [6, 6.07) is 21.8. The van der Waals surface area contributed by atoms with Crippen molar-refractivity contribution >= 4 is 38.0 Å². The van der Waals surface area contributed by atoms with Crippen LogP contribution in [-0.2, 0) is 15.6 Å². The second-order valence-corrected chi connectivity index (χ2v) is 10.9. The van der Waals surface area contributed by atoms with Crippen LogP contribution in [0.1, 0.15) is 32.5 Å². The maximum atomic E-state index is 13.1. The SMILES string of the molecule is O=C(NCC(c1cccs1)c1c[nH]c2ccccc12)c1occc1CS(=O)(=O)c1ccccc1. The van der Waals surface area contributed by atoms with Gasteiger partial charge in [0.25, 0.3) is 5.91 Å². The lowest BCUT2D eigenvalue weighted by Gasteiger charge is -2.16. The summed E-state index contributed by atoms with van der Waals surface area (Å²) in [6.45, 7) is 0.340. The van der Waals surface area contributed by atoms with E-state index in [1.807, 2.05) is 41.9 Å². The van der Waals surface area contributed by atoms with Crippen molar-refractivity contribution in [3.05, 3.63) is 112 Å². The number of nitrogens with one attached hydrogen (secondary N) is 2. The summed E-state index contributed by atoms with van der Waals surface area (Å²) in [5.74, 6) is -0.799. The maximum absolute atomic E-state index is 13.1. The zero-order valence-corrected chi connectivity index (χ0v) is 19.7. The Morgan fingerprint density at radius 1 is 1.00 bits per heavy atom. The summed E-state index contributed by atoms with van der Waals surface area (Å²) >= 11 is 1.63. The first-order valence-electron chi connectivity index (χ1n) is 10.7. The second-order valence-electron chi connectivity index (χ2n) is 7.91. The average Bonchev–Trinajstić information content (AvgIpc) is 3.61. The van der Waals surface area contributed by atoms with E-state index in [0.717, 1.165) is 21.3 Å². The Bertz CT molecular complexity index is 1520. The summed E-state index contributed by atoms with van der Waals surface area (Å²) in [4.78, 5) is 17.7. The first-order chi connectivity index (χ1) is 16.5. The molecule has 5 aromatic rings. The Kier molecular flexibility index (Phi) is 6.08. The van der Waals surface area contributed by atoms with Crippen LogP contribution in [0.2, 0.25) is 0 Å². The van der Waals surface area contributed by atoms with Crippen molar-refractivity contribution in [1.82, 2.24) is 10.3 Å². The Balaban J connectivity index is 1.37. The molecular weight excluding hydrogens is 468 g/mol. The van der Waals surface area contributed by atoms with Gasteiger partial charge in [-0.3, -0.25) is 4.79 Å². The van der Waals surface area contributed by atoms with Gasteiger partial charge in [-0.1, -0.05) is 42.5 Å². The first kappa shape index (κ1) is 22.2. The van der Waals surface area contributed by atoms with Gasteiger partial charge in [0.1, 0.15) is 0 Å². The van der Waals surface area contributed by atoms with Gasteiger partial charge in [0.05, 0.1) is 16.9 Å². The number of aromatic nitrogens is 1. The van der Waals surface area contributed by atoms with Crippen molar-refractivity contribution in [1.29, 1.82) is 0 Å². The van der Waals surface area contributed by atoms with Crippen molar-refractivity contribution in [3.63, 3.8) is 0 Å². The minimum Gasteiger partial charge on any atom is -0.459 e. The van der Waals surface area contributed by atoms with Crippen molar-refractivity contribution in [2.75, 3.05) is 6.54 Å². The molecule has 0 radical (unpaired) electrons. The highest BCUT2D eigenvalue weighted by Crippen LogP contribution is 2.33. The van der Waals surface area contributed by atoms with Gasteiger partial charge in [-0.05, 0) is 41.3 Å². The van der Waals surface area contributed by atoms with Crippen molar-refractivity contribution in [2.24, 2.45) is 0 Å². The summed E-state index contributed by atoms with van der Waals surface area (Å²) < 4.78 is 31.0. The van der Waals surface area contributed by atoms with E-state index in [-0.39, 0.29) is 22.3 Å². The van der Waals surface area contributed by atoms with Crippen LogP contribution in [0, 0.1) is 0 Å². The number of para-hydroxylation sites is 1. The molecule has 0 aliphatic carbocycles. The lowest BCUT2D eigenvalue weighted by Crippen LogP contribution is -2.29. The first-order valence-corrected chi connectivity index (χ1v) is 13.3. The molecule has 5 rings (SSSR count). The monoisotopic (exact) mass is 490 g/mol. The van der Waals surface area contributed by atoms with E-state index >= 15 is 0 Å². The van der Waals surface area contributed by atoms with E-state index in [9.17, 15) is 13.2 Å². The summed E-state index contributed by atoms with van der Waals surface area (Å²) in [7, 11) is -3.61. The topological polar surface area (TPSA) is 92.2 Å². The summed E-state index contributed by atoms with van der Waals surface area (Å²) in [5.41, 5.74) is 2.45. The Hall–Kier alpha value is -3.62. The van der Waals surface area contributed by atoms with E-state index in [1.54, 1.807) is 41.7 Å². The number of H-pyrrole nitrogens is 1. The van der Waals surface area contributed by atoms with Crippen LogP contribution in [0.3, 0.4) is 0 Å². The van der Waals surface area contributed by atoms with Crippen LogP contribution in [-0.4, -0.2) is 25.9 Å². The van der Waals surface area contributed by atoms with Crippen LogP contribution in [0.15, 0.2) is 99.9 Å². The number of hydrogen-bond acceptors (Lipinski definition) is 5. The fourth-order valence-electron chi connectivity index (χ4n) is 4.08. The fourth-order valence-corrected chi connectivity index (χ4v) is 6.30. The number of amides is 1. The zero-order chi connectivity index (χ0) is 23.5. The lowest BCUT2D eigenvalue weighted by atomic mass is 9.96. The lowest BCUT2D eigenvalue weighted by molar-refractivity contribution is 0.0924. The number of thiophene rings is 1. The molecule has 0 saturated heterocycles. The third-order valence-electron chi connectivity index (χ3n) is 5.75. The number of furan rings is 1. The van der Waals surface area contributed by atoms with E-state index in [1.165, 1.54) is 12.3 Å². The molecule has 3 heterocycles. The number of carbonyl (C=O) groups excluding carboxylic acids is 1. The van der Waals surface area contributed by atoms with Crippen LogP contribution in [0.4, 0.5) is 0 Å². The summed E-state index contributed by atoms with van der Waals surface area (Å²) in [5, 5.41) is 6.07. The normalized spacial score (nSPS) is 12.6. The number of aromatic amines is 1. The number of benzene rings is 2. The molecule has 0 aliphatic heterocycles. The minimum absolute atomic E-state index is 0.0170. The Morgan fingerprint density at radius 3 is 2.59 bits per heavy atom. The molecule has 0 fully saturated rings. The molecule has 172 valence electrons. The average molecular weight is 491 g/mol. The minimum atomic E-state index is -3.61. The molecule has 8 heteroatoms. The van der Waals surface area contributed by atoms with Gasteiger partial charge in [0, 0.05) is 40.0 Å². The molecule has 0 aliphatic rings.